The van der Waals surface area contributed by atoms with E-state index in [-0.39, 0.29) is 11.8 Å². The lowest BCUT2D eigenvalue weighted by Crippen LogP contribution is -2.21. The molecule has 10 heteroatoms. The van der Waals surface area contributed by atoms with Crippen molar-refractivity contribution in [3.05, 3.63) is 60.1 Å². The summed E-state index contributed by atoms with van der Waals surface area (Å²) in [5, 5.41) is 9.36. The summed E-state index contributed by atoms with van der Waals surface area (Å²) in [6, 6.07) is 6.37. The van der Waals surface area contributed by atoms with Gasteiger partial charge in [0.1, 0.15) is 11.6 Å². The van der Waals surface area contributed by atoms with Gasteiger partial charge in [-0.05, 0) is 31.5 Å². The normalized spacial score (nSPS) is 18.8. The molecule has 0 saturated heterocycles. The van der Waals surface area contributed by atoms with Gasteiger partial charge >= 0.3 is 6.18 Å². The van der Waals surface area contributed by atoms with E-state index in [9.17, 15) is 18.3 Å². The SMILES string of the molecule is COc1ccc(C2CC2COc2nc(C)ncc2-c2ccc(C(O)C(F)(F)F)nc2)nc1. The molecule has 3 heterocycles. The maximum atomic E-state index is 12.7. The van der Waals surface area contributed by atoms with Gasteiger partial charge in [0.2, 0.25) is 5.88 Å². The molecule has 32 heavy (non-hydrogen) atoms. The minimum atomic E-state index is -4.78. The number of aliphatic hydroxyl groups is 1. The van der Waals surface area contributed by atoms with Gasteiger partial charge in [0.15, 0.2) is 6.10 Å². The van der Waals surface area contributed by atoms with Gasteiger partial charge in [-0.25, -0.2) is 4.98 Å². The standard InChI is InChI=1S/C22H21F3N4O3/c1-12-26-10-17(13-3-5-19(27-8-13)20(30)22(23,24)25)21(29-12)32-11-14-7-16(14)18-6-4-15(31-2)9-28-18/h3-6,8-10,14,16,20,30H,7,11H2,1-2H3. The summed E-state index contributed by atoms with van der Waals surface area (Å²) in [6.45, 7) is 2.14. The number of alkyl halides is 3. The molecule has 4 rings (SSSR count). The first-order valence-electron chi connectivity index (χ1n) is 9.93. The van der Waals surface area contributed by atoms with Crippen molar-refractivity contribution < 1.29 is 27.8 Å². The van der Waals surface area contributed by atoms with Crippen LogP contribution in [0, 0.1) is 12.8 Å². The smallest absolute Gasteiger partial charge is 0.420 e. The van der Waals surface area contributed by atoms with Crippen LogP contribution in [-0.4, -0.2) is 44.9 Å². The van der Waals surface area contributed by atoms with Crippen LogP contribution in [0.4, 0.5) is 13.2 Å². The maximum Gasteiger partial charge on any atom is 0.420 e. The second-order valence-corrected chi connectivity index (χ2v) is 7.59. The molecule has 1 saturated carbocycles. The van der Waals surface area contributed by atoms with E-state index >= 15 is 0 Å². The molecule has 3 aromatic rings. The molecule has 1 fully saturated rings. The summed E-state index contributed by atoms with van der Waals surface area (Å²) >= 11 is 0. The van der Waals surface area contributed by atoms with Crippen molar-refractivity contribution in [1.82, 2.24) is 19.9 Å². The van der Waals surface area contributed by atoms with Gasteiger partial charge in [-0.15, -0.1) is 0 Å². The summed E-state index contributed by atoms with van der Waals surface area (Å²) in [5.41, 5.74) is 1.49. The van der Waals surface area contributed by atoms with E-state index in [0.717, 1.165) is 18.2 Å². The fraction of sp³-hybridized carbons (Fsp3) is 0.364. The van der Waals surface area contributed by atoms with E-state index in [1.54, 1.807) is 26.4 Å². The summed E-state index contributed by atoms with van der Waals surface area (Å²) in [5.74, 6) is 2.10. The minimum absolute atomic E-state index is 0.279. The van der Waals surface area contributed by atoms with Gasteiger partial charge < -0.3 is 14.6 Å². The summed E-state index contributed by atoms with van der Waals surface area (Å²) in [7, 11) is 1.59. The van der Waals surface area contributed by atoms with Gasteiger partial charge in [0.05, 0.1) is 31.2 Å². The zero-order valence-corrected chi connectivity index (χ0v) is 17.4. The molecule has 168 valence electrons. The fourth-order valence-electron chi connectivity index (χ4n) is 3.36. The maximum absolute atomic E-state index is 12.7. The molecule has 3 aromatic heterocycles. The Bertz CT molecular complexity index is 1080. The van der Waals surface area contributed by atoms with E-state index in [1.165, 1.54) is 12.3 Å². The lowest BCUT2D eigenvalue weighted by molar-refractivity contribution is -0.207. The van der Waals surface area contributed by atoms with Crippen LogP contribution in [0.1, 0.15) is 35.7 Å². The average molecular weight is 446 g/mol. The lowest BCUT2D eigenvalue weighted by atomic mass is 10.1. The molecule has 1 aliphatic rings. The van der Waals surface area contributed by atoms with E-state index in [2.05, 4.69) is 19.9 Å². The topological polar surface area (TPSA) is 90.2 Å². The number of nitrogens with zero attached hydrogens (tertiary/aromatic N) is 4. The Morgan fingerprint density at radius 2 is 1.91 bits per heavy atom. The van der Waals surface area contributed by atoms with Gasteiger partial charge in [-0.1, -0.05) is 6.07 Å². The highest BCUT2D eigenvalue weighted by Gasteiger charge is 2.41. The third-order valence-corrected chi connectivity index (χ3v) is 5.29. The van der Waals surface area contributed by atoms with E-state index < -0.39 is 18.0 Å². The number of ether oxygens (including phenoxy) is 2. The second-order valence-electron chi connectivity index (χ2n) is 7.59. The molecule has 0 amide bonds. The van der Waals surface area contributed by atoms with Crippen LogP contribution < -0.4 is 9.47 Å². The number of halogens is 3. The van der Waals surface area contributed by atoms with Crippen molar-refractivity contribution >= 4 is 0 Å². The Hall–Kier alpha value is -3.27. The number of pyridine rings is 2. The van der Waals surface area contributed by atoms with Crippen LogP contribution >= 0.6 is 0 Å². The Kier molecular flexibility index (Phi) is 5.96. The Morgan fingerprint density at radius 1 is 1.09 bits per heavy atom. The molecule has 0 spiro atoms. The number of aliphatic hydroxyl groups excluding tert-OH is 1. The fourth-order valence-corrected chi connectivity index (χ4v) is 3.36. The molecule has 3 atom stereocenters. The molecule has 3 unspecified atom stereocenters. The number of methoxy groups -OCH3 is 1. The molecular weight excluding hydrogens is 425 g/mol. The lowest BCUT2D eigenvalue weighted by Gasteiger charge is -2.15. The van der Waals surface area contributed by atoms with Gasteiger partial charge in [-0.3, -0.25) is 9.97 Å². The molecule has 0 aliphatic heterocycles. The van der Waals surface area contributed by atoms with E-state index in [0.29, 0.717) is 35.2 Å². The van der Waals surface area contributed by atoms with Crippen molar-refractivity contribution in [3.63, 3.8) is 0 Å². The highest BCUT2D eigenvalue weighted by molar-refractivity contribution is 5.66. The van der Waals surface area contributed by atoms with Crippen LogP contribution in [0.3, 0.4) is 0 Å². The minimum Gasteiger partial charge on any atom is -0.495 e. The number of rotatable bonds is 7. The van der Waals surface area contributed by atoms with Crippen LogP contribution in [-0.2, 0) is 0 Å². The van der Waals surface area contributed by atoms with Gasteiger partial charge in [0.25, 0.3) is 0 Å². The quantitative estimate of drug-likeness (QED) is 0.586. The number of hydrogen-bond donors (Lipinski definition) is 1. The van der Waals surface area contributed by atoms with Crippen LogP contribution in [0.25, 0.3) is 11.1 Å². The zero-order valence-electron chi connectivity index (χ0n) is 17.4. The molecule has 1 N–H and O–H groups in total. The number of aromatic nitrogens is 4. The highest BCUT2D eigenvalue weighted by Crippen LogP contribution is 2.47. The van der Waals surface area contributed by atoms with Crippen molar-refractivity contribution in [1.29, 1.82) is 0 Å². The number of aryl methyl sites for hydroxylation is 1. The summed E-state index contributed by atoms with van der Waals surface area (Å²) in [6.07, 6.45) is -2.01. The monoisotopic (exact) mass is 446 g/mol. The third-order valence-electron chi connectivity index (χ3n) is 5.29. The van der Waals surface area contributed by atoms with E-state index in [1.807, 2.05) is 12.1 Å². The first-order chi connectivity index (χ1) is 15.3. The van der Waals surface area contributed by atoms with Crippen LogP contribution in [0.2, 0.25) is 0 Å². The van der Waals surface area contributed by atoms with E-state index in [4.69, 9.17) is 9.47 Å². The molecule has 0 bridgehead atoms. The Labute approximate surface area is 182 Å². The third kappa shape index (κ3) is 4.80. The van der Waals surface area contributed by atoms with Crippen molar-refractivity contribution in [2.24, 2.45) is 5.92 Å². The molecule has 1 aliphatic carbocycles. The second kappa shape index (κ2) is 8.70. The summed E-state index contributed by atoms with van der Waals surface area (Å²) < 4.78 is 49.2. The highest BCUT2D eigenvalue weighted by atomic mass is 19.4. The van der Waals surface area contributed by atoms with Crippen molar-refractivity contribution in [2.45, 2.75) is 31.5 Å². The Morgan fingerprint density at radius 3 is 2.53 bits per heavy atom. The zero-order chi connectivity index (χ0) is 22.9. The predicted octanol–water partition coefficient (Wildman–Crippen LogP) is 4.03. The Balaban J connectivity index is 1.46. The van der Waals surface area contributed by atoms with Crippen LogP contribution in [0.15, 0.2) is 42.9 Å². The van der Waals surface area contributed by atoms with Gasteiger partial charge in [-0.2, -0.15) is 18.2 Å². The molecule has 0 aromatic carbocycles. The first-order valence-corrected chi connectivity index (χ1v) is 9.93. The predicted molar refractivity (Wildman–Crippen MR) is 108 cm³/mol. The molecule has 7 nitrogen and oxygen atoms in total. The van der Waals surface area contributed by atoms with Crippen LogP contribution in [0.5, 0.6) is 11.6 Å². The molecule has 0 radical (unpaired) electrons. The largest absolute Gasteiger partial charge is 0.495 e. The first kappa shape index (κ1) is 21.9. The van der Waals surface area contributed by atoms with Gasteiger partial charge in [0, 0.05) is 35.5 Å². The summed E-state index contributed by atoms with van der Waals surface area (Å²) in [4.78, 5) is 16.7. The van der Waals surface area contributed by atoms with Crippen molar-refractivity contribution in [3.8, 4) is 22.8 Å². The molecular formula is C22H21F3N4O3. The number of hydrogen-bond acceptors (Lipinski definition) is 7. The average Bonchev–Trinajstić information content (AvgIpc) is 3.56. The van der Waals surface area contributed by atoms with Crippen molar-refractivity contribution in [2.75, 3.05) is 13.7 Å².